The summed E-state index contributed by atoms with van der Waals surface area (Å²) in [7, 11) is -5.31. The van der Waals surface area contributed by atoms with Crippen LogP contribution in [0.25, 0.3) is 0 Å². The van der Waals surface area contributed by atoms with Gasteiger partial charge in [-0.25, -0.2) is 0 Å². The van der Waals surface area contributed by atoms with Gasteiger partial charge in [0.15, 0.2) is 25.0 Å². The number of rotatable bonds is 15. The maximum absolute atomic E-state index is 6.97. The third kappa shape index (κ3) is 13.8. The lowest BCUT2D eigenvalue weighted by molar-refractivity contribution is 0.0867. The van der Waals surface area contributed by atoms with Crippen LogP contribution in [0.2, 0.25) is 55.9 Å². The van der Waals surface area contributed by atoms with E-state index in [0.29, 0.717) is 0 Å². The zero-order valence-electron chi connectivity index (χ0n) is 31.1. The van der Waals surface area contributed by atoms with Crippen LogP contribution in [-0.4, -0.2) is 42.8 Å². The largest absolute Gasteiger partial charge is 0.413 e. The summed E-state index contributed by atoms with van der Waals surface area (Å²) in [6.45, 7) is 41.7. The number of hydrogen-bond donors (Lipinski definition) is 0. The van der Waals surface area contributed by atoms with Crippen molar-refractivity contribution in [3.63, 3.8) is 0 Å². The summed E-state index contributed by atoms with van der Waals surface area (Å²) < 4.78 is 20.3. The number of unbranched alkanes of at least 4 members (excludes halogenated alkanes) is 1. The predicted molar refractivity (Wildman–Crippen MR) is 195 cm³/mol. The summed E-state index contributed by atoms with van der Waals surface area (Å²) >= 11 is 0. The van der Waals surface area contributed by atoms with Crippen molar-refractivity contribution < 1.29 is 13.3 Å². The molecule has 0 amide bonds. The van der Waals surface area contributed by atoms with Gasteiger partial charge in [0.1, 0.15) is 0 Å². The molecule has 0 unspecified atom stereocenters. The van der Waals surface area contributed by atoms with Crippen LogP contribution in [0.1, 0.15) is 114 Å². The highest BCUT2D eigenvalue weighted by Crippen LogP contribution is 2.44. The first-order chi connectivity index (χ1) is 18.8. The lowest BCUT2D eigenvalue weighted by Crippen LogP contribution is -2.49. The maximum Gasteiger partial charge on any atom is 0.192 e. The van der Waals surface area contributed by atoms with E-state index in [9.17, 15) is 0 Å². The van der Waals surface area contributed by atoms with Gasteiger partial charge in [-0.2, -0.15) is 0 Å². The van der Waals surface area contributed by atoms with Crippen LogP contribution in [-0.2, 0) is 13.3 Å². The van der Waals surface area contributed by atoms with Crippen LogP contribution in [0, 0.1) is 5.92 Å². The second-order valence-corrected chi connectivity index (χ2v) is 31.8. The van der Waals surface area contributed by atoms with Crippen molar-refractivity contribution in [1.82, 2.24) is 0 Å². The lowest BCUT2D eigenvalue weighted by Gasteiger charge is -2.45. The van der Waals surface area contributed by atoms with E-state index in [1.54, 1.807) is 0 Å². The van der Waals surface area contributed by atoms with Crippen molar-refractivity contribution in [3.8, 4) is 0 Å². The topological polar surface area (TPSA) is 27.7 Å². The van der Waals surface area contributed by atoms with E-state index >= 15 is 0 Å². The molecule has 42 heavy (non-hydrogen) atoms. The molecule has 6 heteroatoms. The van der Waals surface area contributed by atoms with Crippen molar-refractivity contribution >= 4 is 25.0 Å². The molecule has 1 fully saturated rings. The second-order valence-electron chi connectivity index (χ2n) is 17.9. The monoisotopic (exact) mass is 636 g/mol. The van der Waals surface area contributed by atoms with E-state index in [2.05, 4.69) is 133 Å². The molecular weight excluding hydrogens is 565 g/mol. The highest BCUT2D eigenvalue weighted by Gasteiger charge is 2.44. The van der Waals surface area contributed by atoms with Gasteiger partial charge in [0.25, 0.3) is 0 Å². The van der Waals surface area contributed by atoms with Gasteiger partial charge in [-0.15, -0.1) is 0 Å². The third-order valence-electron chi connectivity index (χ3n) is 9.80. The second kappa shape index (κ2) is 15.4. The Morgan fingerprint density at radius 2 is 1.36 bits per heavy atom. The molecule has 0 aromatic heterocycles. The smallest absolute Gasteiger partial charge is 0.192 e. The van der Waals surface area contributed by atoms with Crippen molar-refractivity contribution in [3.05, 3.63) is 36.0 Å². The molecule has 0 aromatic rings. The van der Waals surface area contributed by atoms with Gasteiger partial charge in [0.05, 0.1) is 17.8 Å². The summed E-state index contributed by atoms with van der Waals surface area (Å²) in [5, 5.41) is 0.357. The molecular formula is C36H72O3Si3. The summed E-state index contributed by atoms with van der Waals surface area (Å²) in [5.74, 6) is 0.763. The fourth-order valence-electron chi connectivity index (χ4n) is 5.32. The van der Waals surface area contributed by atoms with Crippen molar-refractivity contribution in [2.45, 2.75) is 187 Å². The molecule has 0 heterocycles. The molecule has 0 radical (unpaired) electrons. The molecule has 0 bridgehead atoms. The number of hydrogen-bond acceptors (Lipinski definition) is 3. The van der Waals surface area contributed by atoms with Crippen molar-refractivity contribution in [2.24, 2.45) is 5.92 Å². The Labute approximate surface area is 266 Å². The van der Waals surface area contributed by atoms with Crippen LogP contribution >= 0.6 is 0 Å². The predicted octanol–water partition coefficient (Wildman–Crippen LogP) is 12.2. The van der Waals surface area contributed by atoms with Crippen LogP contribution in [0.15, 0.2) is 36.0 Å². The minimum Gasteiger partial charge on any atom is -0.413 e. The Morgan fingerprint density at radius 3 is 1.88 bits per heavy atom. The molecule has 1 saturated carbocycles. The first kappa shape index (κ1) is 39.8. The SMILES string of the molecule is C=C1/C(=C\C=C\CCC[C@@H](C)CCCC(C)(C)O[Si](C)(C)C)C[C@@H](O[Si](C)(C)C(C)(C)C)C[C@@H]1O[Si](C)(C)C(C)(C)C. The summed E-state index contributed by atoms with van der Waals surface area (Å²) in [5.41, 5.74) is 2.48. The molecule has 0 saturated heterocycles. The van der Waals surface area contributed by atoms with E-state index in [0.717, 1.165) is 37.2 Å². The van der Waals surface area contributed by atoms with Crippen LogP contribution in [0.5, 0.6) is 0 Å². The van der Waals surface area contributed by atoms with E-state index in [1.807, 2.05) is 0 Å². The van der Waals surface area contributed by atoms with E-state index in [1.165, 1.54) is 31.3 Å². The highest BCUT2D eigenvalue weighted by molar-refractivity contribution is 6.74. The molecule has 3 atom stereocenters. The molecule has 3 nitrogen and oxygen atoms in total. The Morgan fingerprint density at radius 1 is 0.833 bits per heavy atom. The van der Waals surface area contributed by atoms with E-state index in [-0.39, 0.29) is 27.9 Å². The van der Waals surface area contributed by atoms with Gasteiger partial charge in [0, 0.05) is 6.42 Å². The fraction of sp³-hybridized carbons (Fsp3) is 0.833. The Balaban J connectivity index is 2.79. The summed E-state index contributed by atoms with van der Waals surface area (Å²) in [6.07, 6.45) is 16.3. The first-order valence-electron chi connectivity index (χ1n) is 16.9. The molecule has 1 rings (SSSR count). The van der Waals surface area contributed by atoms with Gasteiger partial charge in [-0.3, -0.25) is 0 Å². The quantitative estimate of drug-likeness (QED) is 0.132. The third-order valence-corrected chi connectivity index (χ3v) is 20.0. The normalized spacial score (nSPS) is 21.9. The molecule has 246 valence electrons. The van der Waals surface area contributed by atoms with Gasteiger partial charge in [-0.05, 0) is 113 Å². The fourth-order valence-corrected chi connectivity index (χ4v) is 9.75. The van der Waals surface area contributed by atoms with Gasteiger partial charge >= 0.3 is 0 Å². The Kier molecular flexibility index (Phi) is 14.5. The number of allylic oxidation sites excluding steroid dienone is 3. The molecule has 0 spiro atoms. The lowest BCUT2D eigenvalue weighted by atomic mass is 9.86. The van der Waals surface area contributed by atoms with Crippen molar-refractivity contribution in [2.75, 3.05) is 0 Å². The molecule has 0 aromatic carbocycles. The average molecular weight is 637 g/mol. The summed E-state index contributed by atoms with van der Waals surface area (Å²) in [6, 6.07) is 0. The highest BCUT2D eigenvalue weighted by atomic mass is 28.4. The minimum absolute atomic E-state index is 0.00697. The molecule has 1 aliphatic rings. The maximum atomic E-state index is 6.97. The average Bonchev–Trinajstić information content (AvgIpc) is 2.75. The van der Waals surface area contributed by atoms with Gasteiger partial charge in [-0.1, -0.05) is 92.5 Å². The Hall–Kier alpha value is -0.249. The standard InChI is InChI=1S/C36H72O3Si3/c1-29(24-22-26-36(9,10)39-40(11,12)13)23-20-18-19-21-25-31-27-32(37-41(14,15)34(3,4)5)28-33(30(31)2)38-42(16,17)35(6,7)8/h19,21,25,29,32-33H,2,18,20,22-24,26-28H2,1,3-17H3/b21-19+,31-25-/t29-,32-,33+/m1/s1. The van der Waals surface area contributed by atoms with Crippen LogP contribution in [0.3, 0.4) is 0 Å². The van der Waals surface area contributed by atoms with E-state index in [4.69, 9.17) is 13.3 Å². The van der Waals surface area contributed by atoms with Crippen molar-refractivity contribution in [1.29, 1.82) is 0 Å². The molecule has 1 aliphatic carbocycles. The summed E-state index contributed by atoms with van der Waals surface area (Å²) in [4.78, 5) is 0. The zero-order chi connectivity index (χ0) is 32.8. The molecule has 0 N–H and O–H groups in total. The molecule has 0 aliphatic heterocycles. The van der Waals surface area contributed by atoms with E-state index < -0.39 is 25.0 Å². The zero-order valence-corrected chi connectivity index (χ0v) is 34.1. The Bertz CT molecular complexity index is 911. The van der Waals surface area contributed by atoms with Gasteiger partial charge < -0.3 is 13.3 Å². The first-order valence-corrected chi connectivity index (χ1v) is 26.1. The minimum atomic E-state index is -1.94. The van der Waals surface area contributed by atoms with Gasteiger partial charge in [0.2, 0.25) is 0 Å². The van der Waals surface area contributed by atoms with Crippen LogP contribution in [0.4, 0.5) is 0 Å². The van der Waals surface area contributed by atoms with Crippen LogP contribution < -0.4 is 0 Å².